The van der Waals surface area contributed by atoms with E-state index in [2.05, 4.69) is 118 Å². The zero-order valence-electron chi connectivity index (χ0n) is 40.3. The van der Waals surface area contributed by atoms with Gasteiger partial charge in [0.2, 0.25) is 0 Å². The Morgan fingerprint density at radius 3 is 0.823 bits per heavy atom. The molecule has 0 aliphatic carbocycles. The van der Waals surface area contributed by atoms with Crippen molar-refractivity contribution in [2.45, 2.75) is 225 Å². The molecule has 4 aromatic rings. The highest BCUT2D eigenvalue weighted by molar-refractivity contribution is 5.44. The van der Waals surface area contributed by atoms with E-state index in [0.29, 0.717) is 17.8 Å². The molecule has 0 aliphatic rings. The molecule has 2 atom stereocenters. The Labute approximate surface area is 382 Å². The summed E-state index contributed by atoms with van der Waals surface area (Å²) in [5.74, 6) is 1.50. The molecule has 2 nitrogen and oxygen atoms in total. The van der Waals surface area contributed by atoms with Gasteiger partial charge in [0.15, 0.2) is 0 Å². The van der Waals surface area contributed by atoms with Crippen molar-refractivity contribution < 1.29 is 0 Å². The maximum absolute atomic E-state index is 6.14. The van der Waals surface area contributed by atoms with Gasteiger partial charge in [-0.15, -0.1) is 0 Å². The lowest BCUT2D eigenvalue weighted by molar-refractivity contribution is 0.446. The first-order valence-electron chi connectivity index (χ1n) is 26.4. The highest BCUT2D eigenvalue weighted by atomic mass is 14.5. The smallest absolute Gasteiger partial charge is 0.0314 e. The Hall–Kier alpha value is -3.52. The summed E-state index contributed by atoms with van der Waals surface area (Å²) in [7, 11) is 0. The van der Waals surface area contributed by atoms with Gasteiger partial charge in [-0.05, 0) is 95.7 Å². The molecule has 0 bridgehead atoms. The van der Waals surface area contributed by atoms with Crippen LogP contribution in [-0.4, -0.2) is 0 Å². The van der Waals surface area contributed by atoms with Gasteiger partial charge in [-0.2, -0.15) is 0 Å². The fraction of sp³-hybridized carbons (Fsp3) is 0.600. The highest BCUT2D eigenvalue weighted by Gasteiger charge is 2.18. The van der Waals surface area contributed by atoms with Gasteiger partial charge in [0, 0.05) is 23.2 Å². The van der Waals surface area contributed by atoms with E-state index in [1.165, 1.54) is 213 Å². The molecule has 62 heavy (non-hydrogen) atoms. The van der Waals surface area contributed by atoms with Crippen LogP contribution in [0.25, 0.3) is 0 Å². The number of benzene rings is 4. The molecule has 0 aliphatic heterocycles. The molecule has 0 saturated carbocycles. The van der Waals surface area contributed by atoms with Gasteiger partial charge in [0.05, 0.1) is 0 Å². The monoisotopic (exact) mass is 841 g/mol. The van der Waals surface area contributed by atoms with E-state index in [0.717, 1.165) is 24.2 Å². The molecule has 2 heteroatoms. The highest BCUT2D eigenvalue weighted by Crippen LogP contribution is 2.34. The molecule has 0 saturated heterocycles. The van der Waals surface area contributed by atoms with Gasteiger partial charge in [0.1, 0.15) is 0 Å². The Kier molecular flexibility index (Phi) is 26.5. The standard InChI is InChI=1S/C60H92N2/c1-4-7-10-13-15-17-19-21-24-27-30-59(55-40-44-57(61)45-41-55)53-36-32-50(33-37-53)48-52(29-26-23-12-9-6-3)49-51-34-38-54(39-35-51)60(56-42-46-58(62)47-43-56)31-28-25-22-20-18-16-14-11-8-5-2/h32-47,52,59-60H,4-31,48-49,61-62H2,1-3H3. The second-order valence-corrected chi connectivity index (χ2v) is 19.3. The summed E-state index contributed by atoms with van der Waals surface area (Å²) in [5.41, 5.74) is 22.7. The van der Waals surface area contributed by atoms with Crippen LogP contribution in [0.3, 0.4) is 0 Å². The first kappa shape index (κ1) is 51.1. The lowest BCUT2D eigenvalue weighted by atomic mass is 9.83. The van der Waals surface area contributed by atoms with Crippen LogP contribution in [0.4, 0.5) is 11.4 Å². The van der Waals surface area contributed by atoms with Crippen molar-refractivity contribution in [3.05, 3.63) is 130 Å². The minimum atomic E-state index is 0.425. The number of unbranched alkanes of at least 4 members (excludes halogenated alkanes) is 22. The zero-order chi connectivity index (χ0) is 43.9. The summed E-state index contributed by atoms with van der Waals surface area (Å²) in [6, 6.07) is 37.0. The van der Waals surface area contributed by atoms with Crippen molar-refractivity contribution in [1.82, 2.24) is 0 Å². The Morgan fingerprint density at radius 1 is 0.290 bits per heavy atom. The number of hydrogen-bond donors (Lipinski definition) is 2. The van der Waals surface area contributed by atoms with E-state index in [1.807, 2.05) is 0 Å². The van der Waals surface area contributed by atoms with Gasteiger partial charge >= 0.3 is 0 Å². The minimum Gasteiger partial charge on any atom is -0.399 e. The average Bonchev–Trinajstić information content (AvgIpc) is 3.29. The van der Waals surface area contributed by atoms with Gasteiger partial charge in [-0.3, -0.25) is 0 Å². The predicted molar refractivity (Wildman–Crippen MR) is 275 cm³/mol. The third kappa shape index (κ3) is 20.8. The lowest BCUT2D eigenvalue weighted by Crippen LogP contribution is -2.10. The lowest BCUT2D eigenvalue weighted by Gasteiger charge is -2.21. The van der Waals surface area contributed by atoms with Crippen molar-refractivity contribution in [3.8, 4) is 0 Å². The van der Waals surface area contributed by atoms with E-state index in [4.69, 9.17) is 11.5 Å². The van der Waals surface area contributed by atoms with Crippen molar-refractivity contribution in [1.29, 1.82) is 0 Å². The third-order valence-electron chi connectivity index (χ3n) is 13.9. The summed E-state index contributed by atoms with van der Waals surface area (Å²) in [6.45, 7) is 6.93. The van der Waals surface area contributed by atoms with Crippen LogP contribution in [-0.2, 0) is 12.8 Å². The number of rotatable bonds is 36. The molecule has 4 N–H and O–H groups in total. The van der Waals surface area contributed by atoms with Crippen LogP contribution in [0.1, 0.15) is 246 Å². The van der Waals surface area contributed by atoms with Gasteiger partial charge in [-0.25, -0.2) is 0 Å². The van der Waals surface area contributed by atoms with Crippen LogP contribution in [0, 0.1) is 5.92 Å². The van der Waals surface area contributed by atoms with Crippen molar-refractivity contribution in [2.75, 3.05) is 11.5 Å². The second-order valence-electron chi connectivity index (χ2n) is 19.3. The van der Waals surface area contributed by atoms with Gasteiger partial charge in [-0.1, -0.05) is 254 Å². The fourth-order valence-electron chi connectivity index (χ4n) is 9.93. The Morgan fingerprint density at radius 2 is 0.532 bits per heavy atom. The van der Waals surface area contributed by atoms with E-state index >= 15 is 0 Å². The summed E-state index contributed by atoms with van der Waals surface area (Å²) < 4.78 is 0. The van der Waals surface area contributed by atoms with E-state index in [9.17, 15) is 0 Å². The summed E-state index contributed by atoms with van der Waals surface area (Å²) in [5, 5.41) is 0. The van der Waals surface area contributed by atoms with E-state index in [1.54, 1.807) is 0 Å². The van der Waals surface area contributed by atoms with E-state index < -0.39 is 0 Å². The maximum Gasteiger partial charge on any atom is 0.0314 e. The van der Waals surface area contributed by atoms with Gasteiger partial charge < -0.3 is 11.5 Å². The van der Waals surface area contributed by atoms with E-state index in [-0.39, 0.29) is 0 Å². The number of nitrogens with two attached hydrogens (primary N) is 2. The molecule has 4 aromatic carbocycles. The SMILES string of the molecule is CCCCCCCCCCCCC(c1ccc(N)cc1)c1ccc(CC(CCCCCCC)Cc2ccc(C(CCCCCCCCCCCC)c3ccc(N)cc3)cc2)cc1. The summed E-state index contributed by atoms with van der Waals surface area (Å²) in [6.07, 6.45) is 40.2. The van der Waals surface area contributed by atoms with Crippen LogP contribution < -0.4 is 11.5 Å². The zero-order valence-corrected chi connectivity index (χ0v) is 40.3. The van der Waals surface area contributed by atoms with Crippen LogP contribution >= 0.6 is 0 Å². The fourth-order valence-corrected chi connectivity index (χ4v) is 9.93. The largest absolute Gasteiger partial charge is 0.399 e. The summed E-state index contributed by atoms with van der Waals surface area (Å²) >= 11 is 0. The van der Waals surface area contributed by atoms with Crippen molar-refractivity contribution in [3.63, 3.8) is 0 Å². The first-order valence-corrected chi connectivity index (χ1v) is 26.4. The molecule has 0 heterocycles. The molecule has 2 unspecified atom stereocenters. The van der Waals surface area contributed by atoms with Crippen LogP contribution in [0.2, 0.25) is 0 Å². The molecule has 4 rings (SSSR count). The normalized spacial score (nSPS) is 13.0. The topological polar surface area (TPSA) is 52.0 Å². The molecule has 342 valence electrons. The minimum absolute atomic E-state index is 0.425. The van der Waals surface area contributed by atoms with Crippen molar-refractivity contribution >= 4 is 11.4 Å². The van der Waals surface area contributed by atoms with Crippen LogP contribution in [0.5, 0.6) is 0 Å². The van der Waals surface area contributed by atoms with Crippen molar-refractivity contribution in [2.24, 2.45) is 5.92 Å². The summed E-state index contributed by atoms with van der Waals surface area (Å²) in [4.78, 5) is 0. The Balaban J connectivity index is 1.37. The van der Waals surface area contributed by atoms with Crippen LogP contribution in [0.15, 0.2) is 97.1 Å². The number of anilines is 2. The molecule has 0 fully saturated rings. The predicted octanol–water partition coefficient (Wildman–Crippen LogP) is 18.5. The molecule has 0 amide bonds. The molecule has 0 spiro atoms. The average molecular weight is 841 g/mol. The quantitative estimate of drug-likeness (QED) is 0.0354. The molecule has 0 radical (unpaired) electrons. The molecular weight excluding hydrogens is 749 g/mol. The Bertz CT molecular complexity index is 1520. The number of nitrogen functional groups attached to an aromatic ring is 2. The molecule has 0 aromatic heterocycles. The first-order chi connectivity index (χ1) is 30.5. The second kappa shape index (κ2) is 32.2. The third-order valence-corrected chi connectivity index (χ3v) is 13.9. The van der Waals surface area contributed by atoms with Gasteiger partial charge in [0.25, 0.3) is 0 Å². The number of hydrogen-bond acceptors (Lipinski definition) is 2. The maximum atomic E-state index is 6.14. The molecular formula is C60H92N2.